The number of halogens is 1. The van der Waals surface area contributed by atoms with Gasteiger partial charge in [0.25, 0.3) is 0 Å². The number of esters is 2. The number of nitrogens with one attached hydrogen (secondary N) is 1. The minimum Gasteiger partial charge on any atom is -0.469 e. The van der Waals surface area contributed by atoms with Crippen molar-refractivity contribution < 1.29 is 28.2 Å². The lowest BCUT2D eigenvalue weighted by Gasteiger charge is -2.29. The van der Waals surface area contributed by atoms with E-state index in [0.717, 1.165) is 36.0 Å². The van der Waals surface area contributed by atoms with Crippen molar-refractivity contribution in [1.29, 1.82) is 0 Å². The number of methoxy groups -OCH3 is 1. The second-order valence-electron chi connectivity index (χ2n) is 12.9. The van der Waals surface area contributed by atoms with E-state index < -0.39 is 23.7 Å². The van der Waals surface area contributed by atoms with E-state index in [4.69, 9.17) is 14.5 Å². The standard InChI is InChI=1S/C38H44FN3O5S/c1-6-47-38(45)33-32(41-35(36-40-14-15-48-36)42-34(33)28-12-9-13-31(39)23(28)4)20-24-10-7-8-11-26-21-27(43)17-25(16-22(2)3)19-29(26)30(18-24)37(44)46-5/h9,12-16,18,21-22,29-30,34H,6-8,10-11,17,19-20H2,1-5H3,(H,41,42)/b24-18-,25-16-/t29-,30-,34-/m0/s1. The number of allylic oxidation sites excluding steroid dienone is 5. The van der Waals surface area contributed by atoms with Crippen LogP contribution in [0.15, 0.2) is 81.0 Å². The number of ether oxygens (including phenoxy) is 2. The molecule has 0 amide bonds. The van der Waals surface area contributed by atoms with Gasteiger partial charge in [-0.3, -0.25) is 14.6 Å². The number of carbonyl (C=O) groups excluding carboxylic acids is 3. The predicted molar refractivity (Wildman–Crippen MR) is 185 cm³/mol. The first-order valence-electron chi connectivity index (χ1n) is 16.7. The van der Waals surface area contributed by atoms with Crippen LogP contribution >= 0.6 is 11.3 Å². The van der Waals surface area contributed by atoms with Crippen molar-refractivity contribution in [3.8, 4) is 0 Å². The number of amidine groups is 1. The number of ketones is 1. The molecule has 0 unspecified atom stereocenters. The van der Waals surface area contributed by atoms with Gasteiger partial charge in [0.1, 0.15) is 11.9 Å². The van der Waals surface area contributed by atoms with Crippen LogP contribution in [-0.2, 0) is 23.9 Å². The van der Waals surface area contributed by atoms with Gasteiger partial charge in [0.15, 0.2) is 16.6 Å². The van der Waals surface area contributed by atoms with Crippen molar-refractivity contribution in [3.05, 3.63) is 97.9 Å². The van der Waals surface area contributed by atoms with E-state index in [2.05, 4.69) is 30.2 Å². The van der Waals surface area contributed by atoms with Crippen LogP contribution in [0, 0.1) is 30.5 Å². The fourth-order valence-corrected chi connectivity index (χ4v) is 7.53. The summed E-state index contributed by atoms with van der Waals surface area (Å²) in [5.74, 6) is -1.34. The number of carbonyl (C=O) groups is 3. The van der Waals surface area contributed by atoms with Gasteiger partial charge < -0.3 is 14.8 Å². The molecule has 2 heterocycles. The summed E-state index contributed by atoms with van der Waals surface area (Å²) in [5.41, 5.74) is 4.80. The highest BCUT2D eigenvalue weighted by Crippen LogP contribution is 2.41. The van der Waals surface area contributed by atoms with Gasteiger partial charge in [-0.1, -0.05) is 54.9 Å². The molecule has 2 aromatic rings. The molecule has 0 saturated carbocycles. The minimum absolute atomic E-state index is 0.0646. The summed E-state index contributed by atoms with van der Waals surface area (Å²) in [5, 5.41) is 5.88. The second-order valence-corrected chi connectivity index (χ2v) is 13.8. The lowest BCUT2D eigenvalue weighted by molar-refractivity contribution is -0.145. The Labute approximate surface area is 285 Å². The number of hydrogen-bond donors (Lipinski definition) is 1. The van der Waals surface area contributed by atoms with Crippen LogP contribution in [0.5, 0.6) is 0 Å². The molecule has 3 aliphatic rings. The molecule has 1 aliphatic heterocycles. The summed E-state index contributed by atoms with van der Waals surface area (Å²) in [6, 6.07) is 3.95. The van der Waals surface area contributed by atoms with Gasteiger partial charge in [0.2, 0.25) is 0 Å². The Hall–Kier alpha value is -4.18. The van der Waals surface area contributed by atoms with E-state index >= 15 is 0 Å². The Morgan fingerprint density at radius 1 is 1.21 bits per heavy atom. The van der Waals surface area contributed by atoms with Crippen molar-refractivity contribution >= 4 is 34.9 Å². The van der Waals surface area contributed by atoms with Crippen molar-refractivity contribution in [2.24, 2.45) is 22.7 Å². The van der Waals surface area contributed by atoms with E-state index in [9.17, 15) is 18.8 Å². The maximum absolute atomic E-state index is 14.9. The van der Waals surface area contributed by atoms with E-state index in [-0.39, 0.29) is 30.2 Å². The van der Waals surface area contributed by atoms with Gasteiger partial charge in [0, 0.05) is 36.0 Å². The Balaban J connectivity index is 1.64. The average Bonchev–Trinajstić information content (AvgIpc) is 3.56. The molecule has 2 aliphatic carbocycles. The molecule has 254 valence electrons. The molecule has 8 nitrogen and oxygen atoms in total. The van der Waals surface area contributed by atoms with Gasteiger partial charge in [-0.25, -0.2) is 14.2 Å². The van der Waals surface area contributed by atoms with Crippen molar-refractivity contribution in [2.75, 3.05) is 13.7 Å². The highest BCUT2D eigenvalue weighted by Gasteiger charge is 2.37. The zero-order valence-corrected chi connectivity index (χ0v) is 29.1. The monoisotopic (exact) mass is 673 g/mol. The molecule has 0 radical (unpaired) electrons. The number of thiazole rings is 1. The first kappa shape index (κ1) is 35.1. The fraction of sp³-hybridized carbons (Fsp3) is 0.447. The van der Waals surface area contributed by atoms with Crippen molar-refractivity contribution in [3.63, 3.8) is 0 Å². The van der Waals surface area contributed by atoms with Gasteiger partial charge in [-0.05, 0) is 75.1 Å². The summed E-state index contributed by atoms with van der Waals surface area (Å²) >= 11 is 1.40. The van der Waals surface area contributed by atoms with Gasteiger partial charge in [-0.15, -0.1) is 11.3 Å². The van der Waals surface area contributed by atoms with Gasteiger partial charge >= 0.3 is 11.9 Å². The maximum Gasteiger partial charge on any atom is 0.338 e. The molecule has 0 bridgehead atoms. The van der Waals surface area contributed by atoms with Crippen LogP contribution in [0.25, 0.3) is 0 Å². The number of fused-ring (bicyclic) bond motifs is 1. The second kappa shape index (κ2) is 15.8. The first-order valence-corrected chi connectivity index (χ1v) is 17.6. The highest BCUT2D eigenvalue weighted by atomic mass is 32.1. The number of benzene rings is 1. The summed E-state index contributed by atoms with van der Waals surface area (Å²) in [6.07, 6.45) is 11.9. The topological polar surface area (TPSA) is 107 Å². The third-order valence-corrected chi connectivity index (χ3v) is 9.85. The van der Waals surface area contributed by atoms with Crippen LogP contribution in [-0.4, -0.2) is 42.3 Å². The van der Waals surface area contributed by atoms with Crippen molar-refractivity contribution in [1.82, 2.24) is 10.3 Å². The Kier molecular flexibility index (Phi) is 11.6. The van der Waals surface area contributed by atoms with Crippen LogP contribution in [0.1, 0.15) is 87.9 Å². The van der Waals surface area contributed by atoms with Gasteiger partial charge in [0.05, 0.1) is 25.2 Å². The number of nitrogens with zero attached hydrogens (tertiary/aromatic N) is 2. The number of hydrogen-bond acceptors (Lipinski definition) is 9. The largest absolute Gasteiger partial charge is 0.469 e. The van der Waals surface area contributed by atoms with Crippen LogP contribution < -0.4 is 5.32 Å². The molecule has 0 spiro atoms. The summed E-state index contributed by atoms with van der Waals surface area (Å²) < 4.78 is 25.9. The molecule has 1 N–H and O–H groups in total. The molecule has 3 atom stereocenters. The van der Waals surface area contributed by atoms with Crippen LogP contribution in [0.4, 0.5) is 4.39 Å². The van der Waals surface area contributed by atoms with Crippen LogP contribution in [0.2, 0.25) is 0 Å². The molecule has 0 saturated heterocycles. The smallest absolute Gasteiger partial charge is 0.338 e. The lowest BCUT2D eigenvalue weighted by atomic mass is 9.79. The molecule has 10 heteroatoms. The number of rotatable bonds is 8. The molecule has 1 aromatic heterocycles. The predicted octanol–water partition coefficient (Wildman–Crippen LogP) is 7.67. The molecule has 5 rings (SSSR count). The van der Waals surface area contributed by atoms with Crippen LogP contribution in [0.3, 0.4) is 0 Å². The van der Waals surface area contributed by atoms with Crippen molar-refractivity contribution in [2.45, 2.75) is 78.7 Å². The summed E-state index contributed by atoms with van der Waals surface area (Å²) in [7, 11) is 1.39. The number of aromatic nitrogens is 1. The molecular weight excluding hydrogens is 629 g/mol. The first-order chi connectivity index (χ1) is 23.1. The summed E-state index contributed by atoms with van der Waals surface area (Å²) in [4.78, 5) is 49.7. The maximum atomic E-state index is 14.9. The minimum atomic E-state index is -0.839. The summed E-state index contributed by atoms with van der Waals surface area (Å²) in [6.45, 7) is 7.75. The highest BCUT2D eigenvalue weighted by molar-refractivity contribution is 7.11. The molecule has 1 aromatic carbocycles. The third kappa shape index (κ3) is 8.09. The van der Waals surface area contributed by atoms with E-state index in [1.54, 1.807) is 38.3 Å². The zero-order valence-electron chi connectivity index (χ0n) is 28.3. The Bertz CT molecular complexity index is 1700. The van der Waals surface area contributed by atoms with E-state index in [1.807, 2.05) is 11.5 Å². The Morgan fingerprint density at radius 2 is 2.00 bits per heavy atom. The van der Waals surface area contributed by atoms with Gasteiger partial charge in [-0.2, -0.15) is 0 Å². The normalized spacial score (nSPS) is 23.8. The zero-order chi connectivity index (χ0) is 34.4. The quantitative estimate of drug-likeness (QED) is 0.226. The van der Waals surface area contributed by atoms with E-state index in [1.165, 1.54) is 24.5 Å². The SMILES string of the molecule is CCOC(=O)C1=C(C/C2=C\[C@H](C(=O)OC)[C@H]3C/C(=C\C(C)C)CC(=O)C=C3CCCC2)NC(c2nccs2)=N[C@H]1c1cccc(F)c1C. The molecular formula is C38H44FN3O5S. The molecule has 0 fully saturated rings. The third-order valence-electron chi connectivity index (χ3n) is 9.07. The molecule has 48 heavy (non-hydrogen) atoms. The average molecular weight is 674 g/mol. The lowest BCUT2D eigenvalue weighted by Crippen LogP contribution is -2.34. The fourth-order valence-electron chi connectivity index (χ4n) is 6.94. The Morgan fingerprint density at radius 3 is 2.71 bits per heavy atom. The number of aliphatic imine (C=N–C) groups is 1. The van der Waals surface area contributed by atoms with E-state index in [0.29, 0.717) is 58.9 Å².